The molecule has 0 bridgehead atoms. The molecule has 0 unspecified atom stereocenters. The van der Waals surface area contributed by atoms with Crippen LogP contribution in [-0.2, 0) is 0 Å². The molecule has 1 aliphatic rings. The predicted molar refractivity (Wildman–Crippen MR) is 54.7 cm³/mol. The summed E-state index contributed by atoms with van der Waals surface area (Å²) in [4.78, 5) is 10.5. The molecule has 2 rings (SSSR count). The van der Waals surface area contributed by atoms with E-state index in [1.807, 2.05) is 0 Å². The van der Waals surface area contributed by atoms with Crippen molar-refractivity contribution in [1.29, 1.82) is 0 Å². The molecule has 1 aromatic rings. The van der Waals surface area contributed by atoms with Gasteiger partial charge in [-0.2, -0.15) is 0 Å². The first-order valence-corrected chi connectivity index (χ1v) is 4.81. The lowest BCUT2D eigenvalue weighted by atomic mass is 10.4. The van der Waals surface area contributed by atoms with Crippen LogP contribution in [0.25, 0.3) is 0 Å². The molecule has 1 N–H and O–H groups in total. The summed E-state index contributed by atoms with van der Waals surface area (Å²) < 4.78 is 0. The zero-order valence-corrected chi connectivity index (χ0v) is 8.35. The largest absolute Gasteiger partial charge is 0.304 e. The summed E-state index contributed by atoms with van der Waals surface area (Å²) in [5.41, 5.74) is 3.23. The highest BCUT2D eigenvalue weighted by Crippen LogP contribution is 2.03. The number of rotatable bonds is 2. The molecular weight excluding hydrogens is 178 g/mol. The Morgan fingerprint density at radius 3 is 2.64 bits per heavy atom. The fourth-order valence-electron chi connectivity index (χ4n) is 1.44. The van der Waals surface area contributed by atoms with Gasteiger partial charge in [0.25, 0.3) is 0 Å². The van der Waals surface area contributed by atoms with E-state index in [1.54, 1.807) is 18.6 Å². The van der Waals surface area contributed by atoms with Crippen LogP contribution in [0.5, 0.6) is 0 Å². The third-order valence-electron chi connectivity index (χ3n) is 2.34. The number of anilines is 1. The minimum absolute atomic E-state index is 0.817. The highest BCUT2D eigenvalue weighted by molar-refractivity contribution is 5.28. The fourth-order valence-corrected chi connectivity index (χ4v) is 1.44. The summed E-state index contributed by atoms with van der Waals surface area (Å²) in [5.74, 6) is 0.817. The zero-order chi connectivity index (χ0) is 9.80. The summed E-state index contributed by atoms with van der Waals surface area (Å²) in [5, 5.41) is 2.17. The van der Waals surface area contributed by atoms with Gasteiger partial charge in [-0.1, -0.05) is 0 Å². The number of hydrazine groups is 1. The minimum Gasteiger partial charge on any atom is -0.304 e. The molecule has 2 heterocycles. The highest BCUT2D eigenvalue weighted by atomic mass is 15.5. The van der Waals surface area contributed by atoms with Crippen molar-refractivity contribution in [3.8, 4) is 0 Å². The molecule has 0 aromatic carbocycles. The first kappa shape index (κ1) is 9.36. The van der Waals surface area contributed by atoms with Crippen LogP contribution in [0.4, 0.5) is 5.82 Å². The van der Waals surface area contributed by atoms with E-state index in [4.69, 9.17) is 0 Å². The SMILES string of the molecule is CN1CCN(Nc2cnccn2)CC1. The van der Waals surface area contributed by atoms with Crippen LogP contribution in [0.2, 0.25) is 0 Å². The first-order valence-electron chi connectivity index (χ1n) is 4.81. The van der Waals surface area contributed by atoms with Crippen LogP contribution in [0.1, 0.15) is 0 Å². The molecule has 0 aliphatic carbocycles. The van der Waals surface area contributed by atoms with Crippen molar-refractivity contribution in [2.24, 2.45) is 0 Å². The maximum atomic E-state index is 4.16. The molecule has 5 heteroatoms. The van der Waals surface area contributed by atoms with Gasteiger partial charge in [0.05, 0.1) is 6.20 Å². The molecule has 1 saturated heterocycles. The van der Waals surface area contributed by atoms with Crippen molar-refractivity contribution in [1.82, 2.24) is 19.9 Å². The molecule has 0 saturated carbocycles. The Morgan fingerprint density at radius 1 is 1.21 bits per heavy atom. The van der Waals surface area contributed by atoms with E-state index in [9.17, 15) is 0 Å². The Kier molecular flexibility index (Phi) is 2.90. The average Bonchev–Trinajstić information content (AvgIpc) is 2.23. The number of aromatic nitrogens is 2. The molecule has 0 radical (unpaired) electrons. The second-order valence-electron chi connectivity index (χ2n) is 3.49. The van der Waals surface area contributed by atoms with Crippen molar-refractivity contribution < 1.29 is 0 Å². The molecule has 5 nitrogen and oxygen atoms in total. The summed E-state index contributed by atoms with van der Waals surface area (Å²) >= 11 is 0. The van der Waals surface area contributed by atoms with Gasteiger partial charge in [-0.15, -0.1) is 0 Å². The molecule has 1 aromatic heterocycles. The van der Waals surface area contributed by atoms with Crippen LogP contribution >= 0.6 is 0 Å². The van der Waals surface area contributed by atoms with Crippen LogP contribution in [0.15, 0.2) is 18.6 Å². The Labute approximate surface area is 83.7 Å². The number of hydrogen-bond donors (Lipinski definition) is 1. The smallest absolute Gasteiger partial charge is 0.158 e. The van der Waals surface area contributed by atoms with Crippen molar-refractivity contribution in [2.45, 2.75) is 0 Å². The van der Waals surface area contributed by atoms with Crippen molar-refractivity contribution in [2.75, 3.05) is 38.7 Å². The van der Waals surface area contributed by atoms with E-state index in [2.05, 4.69) is 32.4 Å². The minimum atomic E-state index is 0.817. The Bertz CT molecular complexity index is 268. The van der Waals surface area contributed by atoms with Gasteiger partial charge in [-0.25, -0.2) is 9.99 Å². The van der Waals surface area contributed by atoms with Gasteiger partial charge in [0, 0.05) is 38.6 Å². The normalized spacial score (nSPS) is 19.5. The maximum Gasteiger partial charge on any atom is 0.158 e. The monoisotopic (exact) mass is 193 g/mol. The molecule has 0 spiro atoms. The van der Waals surface area contributed by atoms with Crippen LogP contribution < -0.4 is 5.43 Å². The van der Waals surface area contributed by atoms with Crippen molar-refractivity contribution >= 4 is 5.82 Å². The van der Waals surface area contributed by atoms with Gasteiger partial charge in [0.1, 0.15) is 0 Å². The quantitative estimate of drug-likeness (QED) is 0.719. The molecular formula is C9H15N5. The predicted octanol–water partition coefficient (Wildman–Crippen LogP) is 0.0509. The lowest BCUT2D eigenvalue weighted by molar-refractivity contribution is 0.178. The summed E-state index contributed by atoms with van der Waals surface area (Å²) in [7, 11) is 2.14. The fraction of sp³-hybridized carbons (Fsp3) is 0.556. The summed E-state index contributed by atoms with van der Waals surface area (Å²) in [6.07, 6.45) is 5.10. The summed E-state index contributed by atoms with van der Waals surface area (Å²) in [6.45, 7) is 4.22. The molecule has 1 fully saturated rings. The number of nitrogens with one attached hydrogen (secondary N) is 1. The molecule has 76 valence electrons. The number of piperazine rings is 1. The number of nitrogens with zero attached hydrogens (tertiary/aromatic N) is 4. The van der Waals surface area contributed by atoms with Crippen molar-refractivity contribution in [3.05, 3.63) is 18.6 Å². The van der Waals surface area contributed by atoms with Crippen LogP contribution in [-0.4, -0.2) is 53.1 Å². The second-order valence-corrected chi connectivity index (χ2v) is 3.49. The van der Waals surface area contributed by atoms with E-state index >= 15 is 0 Å². The summed E-state index contributed by atoms with van der Waals surface area (Å²) in [6, 6.07) is 0. The Morgan fingerprint density at radius 2 is 2.00 bits per heavy atom. The molecule has 14 heavy (non-hydrogen) atoms. The van der Waals surface area contributed by atoms with Crippen molar-refractivity contribution in [3.63, 3.8) is 0 Å². The van der Waals surface area contributed by atoms with E-state index < -0.39 is 0 Å². The maximum absolute atomic E-state index is 4.16. The van der Waals surface area contributed by atoms with Crippen LogP contribution in [0.3, 0.4) is 0 Å². The molecule has 1 aliphatic heterocycles. The number of likely N-dealkylation sites (N-methyl/N-ethyl adjacent to an activating group) is 1. The second kappa shape index (κ2) is 4.34. The Balaban J connectivity index is 1.87. The Hall–Kier alpha value is -1.20. The van der Waals surface area contributed by atoms with E-state index in [-0.39, 0.29) is 0 Å². The van der Waals surface area contributed by atoms with Gasteiger partial charge in [0.2, 0.25) is 0 Å². The lowest BCUT2D eigenvalue weighted by Gasteiger charge is -2.32. The lowest BCUT2D eigenvalue weighted by Crippen LogP contribution is -2.47. The topological polar surface area (TPSA) is 44.3 Å². The van der Waals surface area contributed by atoms with Gasteiger partial charge < -0.3 is 10.3 Å². The van der Waals surface area contributed by atoms with Gasteiger partial charge >= 0.3 is 0 Å². The van der Waals surface area contributed by atoms with Gasteiger partial charge in [0.15, 0.2) is 5.82 Å². The van der Waals surface area contributed by atoms with Gasteiger partial charge in [-0.05, 0) is 7.05 Å². The van der Waals surface area contributed by atoms with Crippen LogP contribution in [0, 0.1) is 0 Å². The van der Waals surface area contributed by atoms with Gasteiger partial charge in [-0.3, -0.25) is 4.98 Å². The van der Waals surface area contributed by atoms with E-state index in [0.717, 1.165) is 32.0 Å². The highest BCUT2D eigenvalue weighted by Gasteiger charge is 2.13. The zero-order valence-electron chi connectivity index (χ0n) is 8.35. The van der Waals surface area contributed by atoms with E-state index in [1.165, 1.54) is 0 Å². The average molecular weight is 193 g/mol. The first-order chi connectivity index (χ1) is 6.84. The standard InChI is InChI=1S/C9H15N5/c1-13-4-6-14(7-5-13)12-9-8-10-2-3-11-9/h2-3,8H,4-7H2,1H3,(H,11,12). The molecule has 0 amide bonds. The third-order valence-corrected chi connectivity index (χ3v) is 2.34. The molecule has 0 atom stereocenters. The van der Waals surface area contributed by atoms with E-state index in [0.29, 0.717) is 0 Å². The number of hydrogen-bond acceptors (Lipinski definition) is 5. The third kappa shape index (κ3) is 2.40.